The van der Waals surface area contributed by atoms with Crippen molar-refractivity contribution in [2.24, 2.45) is 5.92 Å². The molecule has 3 aliphatic rings. The highest BCUT2D eigenvalue weighted by Crippen LogP contribution is 2.30. The largest absolute Gasteiger partial charge is 0.342 e. The third kappa shape index (κ3) is 3.17. The summed E-state index contributed by atoms with van der Waals surface area (Å²) >= 11 is 0. The van der Waals surface area contributed by atoms with Gasteiger partial charge in [0.05, 0.1) is 0 Å². The van der Waals surface area contributed by atoms with Gasteiger partial charge < -0.3 is 15.1 Å². The molecule has 3 saturated heterocycles. The summed E-state index contributed by atoms with van der Waals surface area (Å²) in [5.41, 5.74) is 0. The molecule has 4 nitrogen and oxygen atoms in total. The molecule has 3 aliphatic heterocycles. The first-order valence-corrected chi connectivity index (χ1v) is 8.45. The van der Waals surface area contributed by atoms with Crippen LogP contribution in [0.5, 0.6) is 0 Å². The fraction of sp³-hybridized carbons (Fsp3) is 0.938. The van der Waals surface area contributed by atoms with Crippen LogP contribution in [0.25, 0.3) is 0 Å². The Labute approximate surface area is 122 Å². The fourth-order valence-electron chi connectivity index (χ4n) is 4.32. The van der Waals surface area contributed by atoms with Gasteiger partial charge in [-0.25, -0.2) is 0 Å². The zero-order valence-corrected chi connectivity index (χ0v) is 12.8. The van der Waals surface area contributed by atoms with Crippen LogP contribution in [-0.2, 0) is 4.79 Å². The van der Waals surface area contributed by atoms with Crippen LogP contribution in [0.2, 0.25) is 0 Å². The van der Waals surface area contributed by atoms with E-state index in [2.05, 4.69) is 22.2 Å². The van der Waals surface area contributed by atoms with Crippen molar-refractivity contribution < 1.29 is 4.79 Å². The molecule has 3 fully saturated rings. The van der Waals surface area contributed by atoms with Gasteiger partial charge in [-0.3, -0.25) is 4.79 Å². The van der Waals surface area contributed by atoms with E-state index in [-0.39, 0.29) is 0 Å². The van der Waals surface area contributed by atoms with Crippen LogP contribution in [0.3, 0.4) is 0 Å². The maximum Gasteiger partial charge on any atom is 0.224 e. The molecule has 1 amide bonds. The number of hydrogen-bond acceptors (Lipinski definition) is 3. The highest BCUT2D eigenvalue weighted by atomic mass is 16.2. The number of piperidine rings is 3. The first-order chi connectivity index (χ1) is 9.74. The summed E-state index contributed by atoms with van der Waals surface area (Å²) in [4.78, 5) is 17.2. The van der Waals surface area contributed by atoms with E-state index in [9.17, 15) is 4.79 Å². The summed E-state index contributed by atoms with van der Waals surface area (Å²) in [7, 11) is 2.25. The second-order valence-corrected chi connectivity index (χ2v) is 6.93. The van der Waals surface area contributed by atoms with Crippen molar-refractivity contribution in [1.82, 2.24) is 15.1 Å². The lowest BCUT2D eigenvalue weighted by atomic mass is 9.84. The molecule has 20 heavy (non-hydrogen) atoms. The molecule has 0 aromatic carbocycles. The molecule has 0 bridgehead atoms. The minimum absolute atomic E-state index is 0.385. The molecule has 3 rings (SSSR count). The molecule has 3 heterocycles. The van der Waals surface area contributed by atoms with Crippen molar-refractivity contribution in [2.45, 2.75) is 57.0 Å². The molecular formula is C16H29N3O. The summed E-state index contributed by atoms with van der Waals surface area (Å²) in [5, 5.41) is 3.50. The van der Waals surface area contributed by atoms with E-state index in [4.69, 9.17) is 0 Å². The summed E-state index contributed by atoms with van der Waals surface area (Å²) in [6, 6.07) is 1.16. The van der Waals surface area contributed by atoms with Gasteiger partial charge in [-0.2, -0.15) is 0 Å². The van der Waals surface area contributed by atoms with Crippen LogP contribution < -0.4 is 5.32 Å². The van der Waals surface area contributed by atoms with Crippen molar-refractivity contribution in [3.8, 4) is 0 Å². The predicted octanol–water partition coefficient (Wildman–Crippen LogP) is 1.46. The second kappa shape index (κ2) is 6.44. The van der Waals surface area contributed by atoms with E-state index in [1.807, 2.05) is 0 Å². The Balaban J connectivity index is 1.51. The normalized spacial score (nSPS) is 35.6. The van der Waals surface area contributed by atoms with Crippen molar-refractivity contribution in [1.29, 1.82) is 0 Å². The molecule has 4 heteroatoms. The van der Waals surface area contributed by atoms with Crippen molar-refractivity contribution >= 4 is 5.91 Å². The number of rotatable bonds is 2. The molecule has 0 aromatic heterocycles. The third-order valence-corrected chi connectivity index (χ3v) is 5.53. The first-order valence-electron chi connectivity index (χ1n) is 8.45. The number of carbonyl (C=O) groups is 1. The minimum Gasteiger partial charge on any atom is -0.342 e. The van der Waals surface area contributed by atoms with E-state index in [0.717, 1.165) is 25.7 Å². The lowest BCUT2D eigenvalue weighted by molar-refractivity contribution is -0.135. The molecule has 3 unspecified atom stereocenters. The number of fused-ring (bicyclic) bond motifs is 1. The quantitative estimate of drug-likeness (QED) is 0.831. The van der Waals surface area contributed by atoms with Crippen LogP contribution in [0.15, 0.2) is 0 Å². The smallest absolute Gasteiger partial charge is 0.224 e. The summed E-state index contributed by atoms with van der Waals surface area (Å²) < 4.78 is 0. The Morgan fingerprint density at radius 3 is 2.85 bits per heavy atom. The Morgan fingerprint density at radius 2 is 2.05 bits per heavy atom. The zero-order chi connectivity index (χ0) is 13.9. The Hall–Kier alpha value is -0.610. The van der Waals surface area contributed by atoms with E-state index in [1.165, 1.54) is 45.1 Å². The number of likely N-dealkylation sites (tertiary alicyclic amines) is 2. The number of hydrogen-bond donors (Lipinski definition) is 1. The molecule has 114 valence electrons. The highest BCUT2D eigenvalue weighted by Gasteiger charge is 2.36. The molecule has 0 aromatic rings. The van der Waals surface area contributed by atoms with Gasteiger partial charge in [-0.05, 0) is 58.2 Å². The van der Waals surface area contributed by atoms with Gasteiger partial charge in [0.15, 0.2) is 0 Å². The van der Waals surface area contributed by atoms with Gasteiger partial charge in [0.2, 0.25) is 5.91 Å². The van der Waals surface area contributed by atoms with Gasteiger partial charge in [-0.15, -0.1) is 0 Å². The van der Waals surface area contributed by atoms with E-state index < -0.39 is 0 Å². The van der Waals surface area contributed by atoms with Crippen molar-refractivity contribution in [3.63, 3.8) is 0 Å². The zero-order valence-electron chi connectivity index (χ0n) is 12.8. The summed E-state index contributed by atoms with van der Waals surface area (Å²) in [6.45, 7) is 4.30. The number of amides is 1. The second-order valence-electron chi connectivity index (χ2n) is 6.93. The Morgan fingerprint density at radius 1 is 1.15 bits per heavy atom. The van der Waals surface area contributed by atoms with Crippen LogP contribution in [0.1, 0.15) is 44.9 Å². The minimum atomic E-state index is 0.385. The lowest BCUT2D eigenvalue weighted by Crippen LogP contribution is -2.54. The number of carbonyl (C=O) groups excluding carboxylic acids is 1. The Kier molecular flexibility index (Phi) is 4.61. The third-order valence-electron chi connectivity index (χ3n) is 5.53. The maximum atomic E-state index is 12.5. The van der Waals surface area contributed by atoms with Crippen LogP contribution >= 0.6 is 0 Å². The number of nitrogens with one attached hydrogen (secondary N) is 1. The van der Waals surface area contributed by atoms with E-state index >= 15 is 0 Å². The Bertz CT molecular complexity index is 341. The van der Waals surface area contributed by atoms with Gasteiger partial charge in [0, 0.05) is 31.6 Å². The summed E-state index contributed by atoms with van der Waals surface area (Å²) in [6.07, 6.45) is 8.21. The molecule has 0 spiro atoms. The first kappa shape index (κ1) is 14.3. The van der Waals surface area contributed by atoms with Gasteiger partial charge in [0.1, 0.15) is 0 Å². The molecular weight excluding hydrogens is 250 g/mol. The van der Waals surface area contributed by atoms with E-state index in [0.29, 0.717) is 24.3 Å². The van der Waals surface area contributed by atoms with Gasteiger partial charge in [0.25, 0.3) is 0 Å². The van der Waals surface area contributed by atoms with Crippen LogP contribution in [0.4, 0.5) is 0 Å². The van der Waals surface area contributed by atoms with Crippen molar-refractivity contribution in [2.75, 3.05) is 33.2 Å². The van der Waals surface area contributed by atoms with Crippen molar-refractivity contribution in [3.05, 3.63) is 0 Å². The molecule has 1 N–H and O–H groups in total. The highest BCUT2D eigenvalue weighted by molar-refractivity contribution is 5.77. The monoisotopic (exact) mass is 279 g/mol. The standard InChI is InChI=1S/C16H29N3O/c1-18-9-4-5-13-12-19(10-7-15(13)18)16(20)11-14-6-2-3-8-17-14/h13-15,17H,2-12H2,1H3. The lowest BCUT2D eigenvalue weighted by Gasteiger charge is -2.46. The summed E-state index contributed by atoms with van der Waals surface area (Å²) in [5.74, 6) is 1.10. The van der Waals surface area contributed by atoms with Gasteiger partial charge >= 0.3 is 0 Å². The maximum absolute atomic E-state index is 12.5. The van der Waals surface area contributed by atoms with E-state index in [1.54, 1.807) is 0 Å². The molecule has 0 aliphatic carbocycles. The average molecular weight is 279 g/mol. The van der Waals surface area contributed by atoms with Gasteiger partial charge in [-0.1, -0.05) is 6.42 Å². The molecule has 0 radical (unpaired) electrons. The molecule has 3 atom stereocenters. The van der Waals surface area contributed by atoms with Crippen LogP contribution in [0, 0.1) is 5.92 Å². The number of nitrogens with zero attached hydrogens (tertiary/aromatic N) is 2. The topological polar surface area (TPSA) is 35.6 Å². The SMILES string of the molecule is CN1CCCC2CN(C(=O)CC3CCCCN3)CCC21. The predicted molar refractivity (Wildman–Crippen MR) is 80.6 cm³/mol. The fourth-order valence-corrected chi connectivity index (χ4v) is 4.32. The molecule has 0 saturated carbocycles. The average Bonchev–Trinajstić information content (AvgIpc) is 2.48. The van der Waals surface area contributed by atoms with Crippen LogP contribution in [-0.4, -0.2) is 61.0 Å².